The summed E-state index contributed by atoms with van der Waals surface area (Å²) in [5.41, 5.74) is 2.91. The van der Waals surface area contributed by atoms with Crippen LogP contribution in [0.2, 0.25) is 0 Å². The zero-order chi connectivity index (χ0) is 15.3. The third-order valence-electron chi connectivity index (χ3n) is 4.31. The Hall–Kier alpha value is -2.69. The molecule has 1 fully saturated rings. The molecule has 3 aromatic rings. The molecule has 5 heteroatoms. The fourth-order valence-electron chi connectivity index (χ4n) is 3.33. The van der Waals surface area contributed by atoms with Gasteiger partial charge in [-0.2, -0.15) is 0 Å². The zero-order valence-electron chi connectivity index (χ0n) is 12.2. The number of nitrogens with zero attached hydrogens (tertiary/aromatic N) is 2. The molecule has 1 N–H and O–H groups in total. The second-order valence-corrected chi connectivity index (χ2v) is 5.68. The van der Waals surface area contributed by atoms with Crippen molar-refractivity contribution in [2.24, 2.45) is 0 Å². The fourth-order valence-corrected chi connectivity index (χ4v) is 3.33. The van der Waals surface area contributed by atoms with Crippen molar-refractivity contribution in [3.8, 4) is 0 Å². The first-order valence-corrected chi connectivity index (χ1v) is 7.35. The van der Waals surface area contributed by atoms with Gasteiger partial charge in [0.1, 0.15) is 11.7 Å². The van der Waals surface area contributed by atoms with Gasteiger partial charge in [0.05, 0.1) is 5.52 Å². The number of carbonyl (C=O) groups is 2. The lowest BCUT2D eigenvalue weighted by Gasteiger charge is -2.24. The zero-order valence-corrected chi connectivity index (χ0v) is 12.2. The Morgan fingerprint density at radius 1 is 1.18 bits per heavy atom. The van der Waals surface area contributed by atoms with Crippen LogP contribution in [0.15, 0.2) is 36.5 Å². The summed E-state index contributed by atoms with van der Waals surface area (Å²) in [6.45, 7) is 2.03. The minimum atomic E-state index is -0.395. The molecule has 22 heavy (non-hydrogen) atoms. The SMILES string of the molecule is Cc1cccc2c3cccnc3n(C3CCC(=O)NC3=O)c12. The Labute approximate surface area is 126 Å². The maximum Gasteiger partial charge on any atom is 0.249 e. The number of fused-ring (bicyclic) bond motifs is 3. The predicted molar refractivity (Wildman–Crippen MR) is 83.4 cm³/mol. The van der Waals surface area contributed by atoms with E-state index in [2.05, 4.69) is 16.4 Å². The summed E-state index contributed by atoms with van der Waals surface area (Å²) in [7, 11) is 0. The molecule has 2 aromatic heterocycles. The molecule has 110 valence electrons. The van der Waals surface area contributed by atoms with Crippen LogP contribution in [0.1, 0.15) is 24.4 Å². The number of piperidine rings is 1. The van der Waals surface area contributed by atoms with Crippen LogP contribution in [-0.2, 0) is 9.59 Å². The van der Waals surface area contributed by atoms with Crippen LogP contribution in [0.25, 0.3) is 21.9 Å². The molecule has 3 heterocycles. The van der Waals surface area contributed by atoms with E-state index in [0.29, 0.717) is 12.8 Å². The summed E-state index contributed by atoms with van der Waals surface area (Å²) in [6.07, 6.45) is 2.60. The molecule has 1 aliphatic heterocycles. The van der Waals surface area contributed by atoms with E-state index in [1.54, 1.807) is 6.20 Å². The van der Waals surface area contributed by atoms with E-state index in [0.717, 1.165) is 27.5 Å². The van der Waals surface area contributed by atoms with Crippen LogP contribution in [-0.4, -0.2) is 21.4 Å². The Balaban J connectivity index is 2.06. The van der Waals surface area contributed by atoms with Crippen LogP contribution in [0.5, 0.6) is 0 Å². The van der Waals surface area contributed by atoms with Gasteiger partial charge in [-0.05, 0) is 31.0 Å². The summed E-state index contributed by atoms with van der Waals surface area (Å²) in [5, 5.41) is 4.56. The van der Waals surface area contributed by atoms with Crippen LogP contribution in [0.4, 0.5) is 0 Å². The molecule has 0 aliphatic carbocycles. The van der Waals surface area contributed by atoms with E-state index >= 15 is 0 Å². The molecule has 1 saturated heterocycles. The molecule has 5 nitrogen and oxygen atoms in total. The van der Waals surface area contributed by atoms with Gasteiger partial charge in [0.15, 0.2) is 0 Å². The quantitative estimate of drug-likeness (QED) is 0.701. The molecule has 2 amide bonds. The topological polar surface area (TPSA) is 64.0 Å². The number of amides is 2. The van der Waals surface area contributed by atoms with E-state index in [1.807, 2.05) is 35.8 Å². The van der Waals surface area contributed by atoms with Crippen LogP contribution in [0.3, 0.4) is 0 Å². The lowest BCUT2D eigenvalue weighted by molar-refractivity contribution is -0.135. The van der Waals surface area contributed by atoms with Crippen molar-refractivity contribution < 1.29 is 9.59 Å². The Bertz CT molecular complexity index is 926. The largest absolute Gasteiger partial charge is 0.312 e. The fraction of sp³-hybridized carbons (Fsp3) is 0.235. The number of hydrogen-bond acceptors (Lipinski definition) is 3. The van der Waals surface area contributed by atoms with Gasteiger partial charge in [0.25, 0.3) is 0 Å². The molecule has 1 atom stereocenters. The van der Waals surface area contributed by atoms with E-state index in [-0.39, 0.29) is 11.8 Å². The maximum absolute atomic E-state index is 12.3. The normalized spacial score (nSPS) is 18.9. The number of hydrogen-bond donors (Lipinski definition) is 1. The first-order valence-electron chi connectivity index (χ1n) is 7.35. The predicted octanol–water partition coefficient (Wildman–Crippen LogP) is 2.48. The van der Waals surface area contributed by atoms with Crippen molar-refractivity contribution in [1.82, 2.24) is 14.9 Å². The number of imide groups is 1. The number of nitrogens with one attached hydrogen (secondary N) is 1. The third kappa shape index (κ3) is 1.75. The van der Waals surface area contributed by atoms with Gasteiger partial charge in [-0.1, -0.05) is 18.2 Å². The highest BCUT2D eigenvalue weighted by molar-refractivity contribution is 6.09. The number of pyridine rings is 1. The minimum absolute atomic E-state index is 0.202. The summed E-state index contributed by atoms with van der Waals surface area (Å²) in [5.74, 6) is -0.448. The van der Waals surface area contributed by atoms with Gasteiger partial charge in [-0.15, -0.1) is 0 Å². The standard InChI is InChI=1S/C17H15N3O2/c1-10-4-2-5-11-12-6-3-9-18-16(12)20(15(10)11)13-7-8-14(21)19-17(13)22/h2-6,9,13H,7-8H2,1H3,(H,19,21,22). The van der Waals surface area contributed by atoms with Crippen molar-refractivity contribution in [3.63, 3.8) is 0 Å². The van der Waals surface area contributed by atoms with Crippen molar-refractivity contribution >= 4 is 33.8 Å². The molecule has 1 unspecified atom stereocenters. The Morgan fingerprint density at radius 3 is 2.82 bits per heavy atom. The highest BCUT2D eigenvalue weighted by Crippen LogP contribution is 2.34. The summed E-state index contributed by atoms with van der Waals surface area (Å²) in [6, 6.07) is 9.62. The van der Waals surface area contributed by atoms with Gasteiger partial charge in [-0.25, -0.2) is 4.98 Å². The number of aromatic nitrogens is 2. The maximum atomic E-state index is 12.3. The first-order chi connectivity index (χ1) is 10.7. The highest BCUT2D eigenvalue weighted by atomic mass is 16.2. The van der Waals surface area contributed by atoms with Crippen LogP contribution in [0, 0.1) is 6.92 Å². The van der Waals surface area contributed by atoms with Crippen molar-refractivity contribution in [2.45, 2.75) is 25.8 Å². The van der Waals surface area contributed by atoms with Gasteiger partial charge in [0, 0.05) is 23.4 Å². The molecular weight excluding hydrogens is 278 g/mol. The van der Waals surface area contributed by atoms with Gasteiger partial charge >= 0.3 is 0 Å². The summed E-state index contributed by atoms with van der Waals surface area (Å²) >= 11 is 0. The second kappa shape index (κ2) is 4.66. The molecule has 0 radical (unpaired) electrons. The van der Waals surface area contributed by atoms with E-state index in [9.17, 15) is 9.59 Å². The molecule has 4 rings (SSSR count). The number of aryl methyl sites for hydroxylation is 1. The molecule has 0 bridgehead atoms. The van der Waals surface area contributed by atoms with Gasteiger partial charge in [-0.3, -0.25) is 14.9 Å². The average Bonchev–Trinajstić information content (AvgIpc) is 2.84. The Morgan fingerprint density at radius 2 is 2.00 bits per heavy atom. The number of carbonyl (C=O) groups excluding carboxylic acids is 2. The van der Waals surface area contributed by atoms with Crippen LogP contribution >= 0.6 is 0 Å². The lowest BCUT2D eigenvalue weighted by Crippen LogP contribution is -2.41. The highest BCUT2D eigenvalue weighted by Gasteiger charge is 2.31. The summed E-state index contributed by atoms with van der Waals surface area (Å²) < 4.78 is 1.99. The van der Waals surface area contributed by atoms with Crippen molar-refractivity contribution in [2.75, 3.05) is 0 Å². The van der Waals surface area contributed by atoms with E-state index < -0.39 is 6.04 Å². The van der Waals surface area contributed by atoms with Crippen LogP contribution < -0.4 is 5.32 Å². The number of benzene rings is 1. The molecule has 1 aliphatic rings. The third-order valence-corrected chi connectivity index (χ3v) is 4.31. The number of rotatable bonds is 1. The van der Waals surface area contributed by atoms with Gasteiger partial charge < -0.3 is 4.57 Å². The molecular formula is C17H15N3O2. The second-order valence-electron chi connectivity index (χ2n) is 5.68. The van der Waals surface area contributed by atoms with Crippen molar-refractivity contribution in [3.05, 3.63) is 42.1 Å². The minimum Gasteiger partial charge on any atom is -0.312 e. The lowest BCUT2D eigenvalue weighted by atomic mass is 10.1. The van der Waals surface area contributed by atoms with E-state index in [4.69, 9.17) is 0 Å². The smallest absolute Gasteiger partial charge is 0.249 e. The Kier molecular flexibility index (Phi) is 2.76. The molecule has 1 aromatic carbocycles. The van der Waals surface area contributed by atoms with E-state index in [1.165, 1.54) is 0 Å². The van der Waals surface area contributed by atoms with Crippen molar-refractivity contribution in [1.29, 1.82) is 0 Å². The molecule has 0 saturated carbocycles. The van der Waals surface area contributed by atoms with Gasteiger partial charge in [0.2, 0.25) is 11.8 Å². The first kappa shape index (κ1) is 13.0. The monoisotopic (exact) mass is 293 g/mol. The number of para-hydroxylation sites is 1. The average molecular weight is 293 g/mol. The summed E-state index contributed by atoms with van der Waals surface area (Å²) in [4.78, 5) is 28.2. The molecule has 0 spiro atoms.